The fourth-order valence-electron chi connectivity index (χ4n) is 2.25. The van der Waals surface area contributed by atoms with E-state index in [4.69, 9.17) is 9.68 Å². The molecule has 126 valence electrons. The van der Waals surface area contributed by atoms with Gasteiger partial charge in [-0.15, -0.1) is 0 Å². The summed E-state index contributed by atoms with van der Waals surface area (Å²) in [5, 5.41) is 11.8. The van der Waals surface area contributed by atoms with Crippen LogP contribution in [0, 0.1) is 25.2 Å². The number of anilines is 4. The number of hydrogen-bond acceptors (Lipinski definition) is 8. The van der Waals surface area contributed by atoms with Gasteiger partial charge in [-0.1, -0.05) is 12.1 Å². The first-order valence-corrected chi connectivity index (χ1v) is 7.66. The molecule has 2 heterocycles. The van der Waals surface area contributed by atoms with Gasteiger partial charge < -0.3 is 14.6 Å². The number of hydrogen-bond donors (Lipinski definition) is 1. The maximum Gasteiger partial charge on any atom is 0.234 e. The summed E-state index contributed by atoms with van der Waals surface area (Å²) in [5.41, 5.74) is 1.88. The number of nitriles is 1. The van der Waals surface area contributed by atoms with E-state index >= 15 is 0 Å². The Morgan fingerprint density at radius 3 is 2.56 bits per heavy atom. The van der Waals surface area contributed by atoms with Crippen LogP contribution in [-0.4, -0.2) is 27.0 Å². The molecule has 25 heavy (non-hydrogen) atoms. The maximum absolute atomic E-state index is 8.76. The van der Waals surface area contributed by atoms with Crippen molar-refractivity contribution in [1.29, 1.82) is 5.26 Å². The van der Waals surface area contributed by atoms with E-state index in [1.807, 2.05) is 36.2 Å². The minimum absolute atomic E-state index is 0.389. The number of rotatable bonds is 5. The third-order valence-electron chi connectivity index (χ3n) is 3.62. The molecule has 0 amide bonds. The molecule has 0 saturated carbocycles. The Hall–Kier alpha value is -3.47. The minimum Gasteiger partial charge on any atom is -0.446 e. The zero-order valence-corrected chi connectivity index (χ0v) is 14.2. The summed E-state index contributed by atoms with van der Waals surface area (Å²) in [6, 6.07) is 9.83. The number of oxazole rings is 1. The predicted molar refractivity (Wildman–Crippen MR) is 92.9 cm³/mol. The molecular weight excluding hydrogens is 318 g/mol. The van der Waals surface area contributed by atoms with E-state index < -0.39 is 0 Å². The van der Waals surface area contributed by atoms with Gasteiger partial charge in [0.15, 0.2) is 12.2 Å². The molecule has 0 aliphatic rings. The summed E-state index contributed by atoms with van der Waals surface area (Å²) in [5.74, 6) is 2.71. The lowest BCUT2D eigenvalue weighted by Gasteiger charge is -2.18. The average molecular weight is 335 g/mol. The van der Waals surface area contributed by atoms with Gasteiger partial charge in [-0.25, -0.2) is 0 Å². The van der Waals surface area contributed by atoms with Gasteiger partial charge in [-0.05, 0) is 31.5 Å². The largest absolute Gasteiger partial charge is 0.446 e. The van der Waals surface area contributed by atoms with Crippen LogP contribution in [0.25, 0.3) is 0 Å². The van der Waals surface area contributed by atoms with E-state index in [0.717, 1.165) is 11.3 Å². The van der Waals surface area contributed by atoms with Crippen molar-refractivity contribution in [2.24, 2.45) is 0 Å². The molecule has 0 aliphatic carbocycles. The Kier molecular flexibility index (Phi) is 4.57. The molecule has 0 fully saturated rings. The molecule has 0 bridgehead atoms. The molecule has 2 aromatic heterocycles. The zero-order valence-electron chi connectivity index (χ0n) is 14.2. The highest BCUT2D eigenvalue weighted by Crippen LogP contribution is 2.23. The van der Waals surface area contributed by atoms with Crippen LogP contribution in [0.5, 0.6) is 0 Å². The molecule has 3 aromatic rings. The van der Waals surface area contributed by atoms with Crippen molar-refractivity contribution in [2.45, 2.75) is 20.3 Å². The van der Waals surface area contributed by atoms with E-state index in [2.05, 4.69) is 31.3 Å². The number of aromatic nitrogens is 4. The van der Waals surface area contributed by atoms with Crippen LogP contribution >= 0.6 is 0 Å². The molecule has 1 N–H and O–H groups in total. The molecule has 0 radical (unpaired) electrons. The Balaban J connectivity index is 1.86. The fraction of sp³-hybridized carbons (Fsp3) is 0.235. The van der Waals surface area contributed by atoms with Gasteiger partial charge in [0.2, 0.25) is 11.9 Å². The first-order chi connectivity index (χ1) is 12.1. The van der Waals surface area contributed by atoms with Crippen molar-refractivity contribution < 1.29 is 4.42 Å². The number of benzene rings is 1. The van der Waals surface area contributed by atoms with Crippen molar-refractivity contribution in [3.63, 3.8) is 0 Å². The summed E-state index contributed by atoms with van der Waals surface area (Å²) in [6.07, 6.45) is 1.75. The Morgan fingerprint density at radius 2 is 1.92 bits per heavy atom. The highest BCUT2D eigenvalue weighted by molar-refractivity contribution is 5.59. The molecule has 0 atom stereocenters. The third kappa shape index (κ3) is 3.72. The summed E-state index contributed by atoms with van der Waals surface area (Å²) >= 11 is 0. The molecule has 3 rings (SSSR count). The lowest BCUT2D eigenvalue weighted by atomic mass is 10.1. The second kappa shape index (κ2) is 6.97. The van der Waals surface area contributed by atoms with Crippen LogP contribution in [0.4, 0.5) is 23.4 Å². The van der Waals surface area contributed by atoms with Gasteiger partial charge >= 0.3 is 0 Å². The van der Waals surface area contributed by atoms with Crippen molar-refractivity contribution >= 4 is 23.4 Å². The summed E-state index contributed by atoms with van der Waals surface area (Å²) in [7, 11) is 1.87. The lowest BCUT2D eigenvalue weighted by Crippen LogP contribution is -2.15. The van der Waals surface area contributed by atoms with Crippen molar-refractivity contribution in [3.8, 4) is 6.07 Å². The molecule has 0 saturated heterocycles. The van der Waals surface area contributed by atoms with E-state index in [1.54, 1.807) is 13.8 Å². The van der Waals surface area contributed by atoms with E-state index in [-0.39, 0.29) is 0 Å². The van der Waals surface area contributed by atoms with E-state index in [1.165, 1.54) is 6.39 Å². The zero-order chi connectivity index (χ0) is 17.8. The smallest absolute Gasteiger partial charge is 0.234 e. The van der Waals surface area contributed by atoms with Crippen molar-refractivity contribution in [3.05, 3.63) is 47.8 Å². The van der Waals surface area contributed by atoms with Crippen LogP contribution in [-0.2, 0) is 6.42 Å². The van der Waals surface area contributed by atoms with Gasteiger partial charge in [0, 0.05) is 12.7 Å². The van der Waals surface area contributed by atoms with Crippen LogP contribution in [0.2, 0.25) is 0 Å². The van der Waals surface area contributed by atoms with Gasteiger partial charge in [-0.3, -0.25) is 0 Å². The number of nitrogens with one attached hydrogen (secondary N) is 1. The summed E-state index contributed by atoms with van der Waals surface area (Å²) < 4.78 is 5.17. The first-order valence-electron chi connectivity index (χ1n) is 7.66. The highest BCUT2D eigenvalue weighted by Gasteiger charge is 2.12. The Labute approximate surface area is 145 Å². The normalized spacial score (nSPS) is 10.3. The van der Waals surface area contributed by atoms with Gasteiger partial charge in [-0.2, -0.15) is 25.2 Å². The SMILES string of the molecule is Cc1nc(Nc2ncoc2C)nc(N(C)c2ccc(CC#N)cc2)n1. The molecule has 0 spiro atoms. The quantitative estimate of drug-likeness (QED) is 0.758. The molecule has 1 aromatic carbocycles. The first kappa shape index (κ1) is 16.4. The topological polar surface area (TPSA) is 104 Å². The van der Waals surface area contributed by atoms with Gasteiger partial charge in [0.1, 0.15) is 11.6 Å². The van der Waals surface area contributed by atoms with Gasteiger partial charge in [0.25, 0.3) is 0 Å². The molecule has 8 heteroatoms. The predicted octanol–water partition coefficient (Wildman–Crippen LogP) is 3.05. The third-order valence-corrected chi connectivity index (χ3v) is 3.62. The average Bonchev–Trinajstić information content (AvgIpc) is 2.99. The van der Waals surface area contributed by atoms with Crippen LogP contribution in [0.1, 0.15) is 17.1 Å². The standard InChI is InChI=1S/C17H17N7O/c1-11-15(19-10-25-11)22-16-20-12(2)21-17(23-16)24(3)14-6-4-13(5-7-14)8-9-18/h4-7,10H,8H2,1-3H3,(H,20,21,22,23). The maximum atomic E-state index is 8.76. The summed E-state index contributed by atoms with van der Waals surface area (Å²) in [4.78, 5) is 19.1. The van der Waals surface area contributed by atoms with Crippen LogP contribution < -0.4 is 10.2 Å². The molecular formula is C17H17N7O. The molecule has 8 nitrogen and oxygen atoms in total. The van der Waals surface area contributed by atoms with Crippen LogP contribution in [0.15, 0.2) is 35.1 Å². The second-order valence-electron chi connectivity index (χ2n) is 5.45. The summed E-state index contributed by atoms with van der Waals surface area (Å²) in [6.45, 7) is 3.61. The highest BCUT2D eigenvalue weighted by atomic mass is 16.3. The fourth-order valence-corrected chi connectivity index (χ4v) is 2.25. The minimum atomic E-state index is 0.389. The van der Waals surface area contributed by atoms with Gasteiger partial charge in [0.05, 0.1) is 12.5 Å². The second-order valence-corrected chi connectivity index (χ2v) is 5.45. The Bertz CT molecular complexity index is 911. The lowest BCUT2D eigenvalue weighted by molar-refractivity contribution is 0.527. The van der Waals surface area contributed by atoms with Crippen molar-refractivity contribution in [2.75, 3.05) is 17.3 Å². The molecule has 0 unspecified atom stereocenters. The Morgan fingerprint density at radius 1 is 1.16 bits per heavy atom. The van der Waals surface area contributed by atoms with Crippen molar-refractivity contribution in [1.82, 2.24) is 19.9 Å². The monoisotopic (exact) mass is 335 g/mol. The number of nitrogens with zero attached hydrogens (tertiary/aromatic N) is 6. The molecule has 0 aliphatic heterocycles. The van der Waals surface area contributed by atoms with E-state index in [9.17, 15) is 0 Å². The number of aryl methyl sites for hydroxylation is 2. The van der Waals surface area contributed by atoms with E-state index in [0.29, 0.717) is 35.7 Å². The van der Waals surface area contributed by atoms with Crippen LogP contribution in [0.3, 0.4) is 0 Å².